The topological polar surface area (TPSA) is 25.2 Å². The number of hydrogen-bond acceptors (Lipinski definition) is 2. The van der Waals surface area contributed by atoms with Crippen LogP contribution < -0.4 is 10.4 Å². The fourth-order valence-electron chi connectivity index (χ4n) is 2.16. The minimum absolute atomic E-state index is 0. The molecule has 1 aromatic carbocycles. The third kappa shape index (κ3) is 5.92. The Kier molecular flexibility index (Phi) is 8.73. The number of benzene rings is 1. The first-order chi connectivity index (χ1) is 11.6. The van der Waals surface area contributed by atoms with Gasteiger partial charge in [-0.25, -0.2) is 0 Å². The second-order valence-electron chi connectivity index (χ2n) is 5.11. The summed E-state index contributed by atoms with van der Waals surface area (Å²) in [5, 5.41) is 1.72. The molecule has 1 aromatic heterocycles. The van der Waals surface area contributed by atoms with Crippen molar-refractivity contribution >= 4 is 30.0 Å². The molecule has 0 saturated carbocycles. The summed E-state index contributed by atoms with van der Waals surface area (Å²) in [6.45, 7) is 14.7. The van der Waals surface area contributed by atoms with Gasteiger partial charge >= 0.3 is 21.1 Å². The molecule has 0 aliphatic rings. The molecule has 0 aliphatic heterocycles. The SMILES string of the molecule is C=C([C-]=c1c(C(=C)[C-]=CCN=CC)cccc1=C)c1ccccn1.[Pt+2]. The zero-order valence-corrected chi connectivity index (χ0v) is 16.5. The Hall–Kier alpha value is -2.31. The molecule has 0 aliphatic carbocycles. The minimum Gasteiger partial charge on any atom is -0.295 e. The molecule has 128 valence electrons. The summed E-state index contributed by atoms with van der Waals surface area (Å²) in [6, 6.07) is 11.6. The average Bonchev–Trinajstić information content (AvgIpc) is 2.61. The predicted molar refractivity (Wildman–Crippen MR) is 104 cm³/mol. The van der Waals surface area contributed by atoms with Gasteiger partial charge in [0, 0.05) is 18.4 Å². The quantitative estimate of drug-likeness (QED) is 0.335. The minimum atomic E-state index is 0. The number of rotatable bonds is 6. The summed E-state index contributed by atoms with van der Waals surface area (Å²) in [5.74, 6) is 0. The van der Waals surface area contributed by atoms with Crippen LogP contribution in [-0.4, -0.2) is 17.7 Å². The van der Waals surface area contributed by atoms with Crippen LogP contribution in [0.15, 0.2) is 66.8 Å². The summed E-state index contributed by atoms with van der Waals surface area (Å²) in [5.41, 5.74) is 3.19. The monoisotopic (exact) mass is 507 g/mol. The van der Waals surface area contributed by atoms with E-state index in [1.54, 1.807) is 12.4 Å². The van der Waals surface area contributed by atoms with Gasteiger partial charge in [-0.15, -0.1) is 41.2 Å². The Balaban J connectivity index is 0.00000312. The molecule has 0 amide bonds. The third-order valence-corrected chi connectivity index (χ3v) is 3.38. The van der Waals surface area contributed by atoms with E-state index in [0.717, 1.165) is 27.3 Å². The van der Waals surface area contributed by atoms with Crippen LogP contribution in [0.2, 0.25) is 0 Å². The normalized spacial score (nSPS) is 11.6. The smallest absolute Gasteiger partial charge is 0.295 e. The van der Waals surface area contributed by atoms with Crippen LogP contribution in [0.1, 0.15) is 18.2 Å². The Labute approximate surface area is 164 Å². The summed E-state index contributed by atoms with van der Waals surface area (Å²) in [6.07, 6.45) is 11.8. The second-order valence-corrected chi connectivity index (χ2v) is 5.11. The number of pyridine rings is 1. The fourth-order valence-corrected chi connectivity index (χ4v) is 2.16. The standard InChI is InChI=1S/C22H20N2.Pt/c1-5-23-14-9-11-17(2)20-12-8-10-18(3)21(20)16-19(4)22-13-6-7-15-24-22;/h5-10,12-13,15H,2-4,14H2,1H3;/q-2;+2. The maximum atomic E-state index is 4.31. The molecular weight excluding hydrogens is 487 g/mol. The van der Waals surface area contributed by atoms with Crippen molar-refractivity contribution in [2.75, 3.05) is 6.54 Å². The first-order valence-electron chi connectivity index (χ1n) is 7.67. The van der Waals surface area contributed by atoms with Gasteiger partial charge in [-0.3, -0.25) is 9.98 Å². The van der Waals surface area contributed by atoms with Crippen LogP contribution in [0.3, 0.4) is 0 Å². The van der Waals surface area contributed by atoms with Gasteiger partial charge < -0.3 is 0 Å². The molecule has 0 bridgehead atoms. The van der Waals surface area contributed by atoms with Gasteiger partial charge in [0.1, 0.15) is 0 Å². The Morgan fingerprint density at radius 2 is 1.96 bits per heavy atom. The molecule has 25 heavy (non-hydrogen) atoms. The van der Waals surface area contributed by atoms with Gasteiger partial charge in [0.2, 0.25) is 0 Å². The molecule has 2 rings (SSSR count). The van der Waals surface area contributed by atoms with Crippen LogP contribution in [0.5, 0.6) is 0 Å². The molecule has 2 nitrogen and oxygen atoms in total. The number of nitrogens with zero attached hydrogens (tertiary/aromatic N) is 2. The molecular formula is C22H20N2Pt. The van der Waals surface area contributed by atoms with Gasteiger partial charge in [-0.2, -0.15) is 24.8 Å². The van der Waals surface area contributed by atoms with Crippen molar-refractivity contribution in [1.29, 1.82) is 0 Å². The molecule has 0 fully saturated rings. The maximum Gasteiger partial charge on any atom is 2.00 e. The first kappa shape index (κ1) is 20.7. The molecule has 0 radical (unpaired) electrons. The van der Waals surface area contributed by atoms with Gasteiger partial charge in [0.05, 0.1) is 0 Å². The third-order valence-electron chi connectivity index (χ3n) is 3.38. The maximum absolute atomic E-state index is 4.31. The van der Waals surface area contributed by atoms with Gasteiger partial charge in [0.25, 0.3) is 0 Å². The Morgan fingerprint density at radius 1 is 1.16 bits per heavy atom. The van der Waals surface area contributed by atoms with E-state index in [2.05, 4.69) is 41.9 Å². The van der Waals surface area contributed by atoms with E-state index in [0.29, 0.717) is 12.1 Å². The van der Waals surface area contributed by atoms with Crippen LogP contribution in [0.25, 0.3) is 23.8 Å². The predicted octanol–water partition coefficient (Wildman–Crippen LogP) is 3.32. The van der Waals surface area contributed by atoms with Crippen molar-refractivity contribution in [3.8, 4) is 0 Å². The van der Waals surface area contributed by atoms with E-state index in [1.807, 2.05) is 49.4 Å². The number of aliphatic imine (C=N–C) groups is 1. The number of aromatic nitrogens is 1. The molecule has 3 heteroatoms. The van der Waals surface area contributed by atoms with E-state index in [4.69, 9.17) is 0 Å². The van der Waals surface area contributed by atoms with Crippen molar-refractivity contribution in [3.05, 3.63) is 89.6 Å². The Bertz CT molecular complexity index is 893. The summed E-state index contributed by atoms with van der Waals surface area (Å²) in [4.78, 5) is 8.44. The number of allylic oxidation sites excluding steroid dienone is 3. The van der Waals surface area contributed by atoms with E-state index in [9.17, 15) is 0 Å². The van der Waals surface area contributed by atoms with E-state index < -0.39 is 0 Å². The molecule has 0 N–H and O–H groups in total. The zero-order valence-electron chi connectivity index (χ0n) is 14.2. The fraction of sp³-hybridized carbons (Fsp3) is 0.0909. The second kappa shape index (κ2) is 10.5. The van der Waals surface area contributed by atoms with E-state index in [1.165, 1.54) is 0 Å². The summed E-state index contributed by atoms with van der Waals surface area (Å²) in [7, 11) is 0. The molecule has 0 saturated heterocycles. The number of hydrogen-bond donors (Lipinski definition) is 0. The molecule has 0 unspecified atom stereocenters. The van der Waals surface area contributed by atoms with Gasteiger partial charge in [0.15, 0.2) is 0 Å². The largest absolute Gasteiger partial charge is 2.00 e. The van der Waals surface area contributed by atoms with Gasteiger partial charge in [-0.05, 0) is 19.2 Å². The molecule has 1 heterocycles. The molecule has 0 atom stereocenters. The van der Waals surface area contributed by atoms with Crippen LogP contribution in [-0.2, 0) is 21.1 Å². The van der Waals surface area contributed by atoms with E-state index >= 15 is 0 Å². The first-order valence-corrected chi connectivity index (χ1v) is 7.67. The van der Waals surface area contributed by atoms with Crippen LogP contribution in [0, 0.1) is 6.08 Å². The average molecular weight is 507 g/mol. The van der Waals surface area contributed by atoms with Crippen molar-refractivity contribution < 1.29 is 21.1 Å². The summed E-state index contributed by atoms with van der Waals surface area (Å²) < 4.78 is 0. The van der Waals surface area contributed by atoms with E-state index in [-0.39, 0.29) is 21.1 Å². The van der Waals surface area contributed by atoms with Crippen molar-refractivity contribution in [1.82, 2.24) is 4.98 Å². The molecule has 0 spiro atoms. The van der Waals surface area contributed by atoms with Crippen molar-refractivity contribution in [2.24, 2.45) is 4.99 Å². The Morgan fingerprint density at radius 3 is 2.64 bits per heavy atom. The summed E-state index contributed by atoms with van der Waals surface area (Å²) >= 11 is 0. The van der Waals surface area contributed by atoms with Gasteiger partial charge in [-0.1, -0.05) is 29.5 Å². The zero-order chi connectivity index (χ0) is 17.4. The van der Waals surface area contributed by atoms with Crippen molar-refractivity contribution in [3.63, 3.8) is 0 Å². The van der Waals surface area contributed by atoms with Crippen LogP contribution in [0.4, 0.5) is 0 Å². The molecule has 2 aromatic rings. The van der Waals surface area contributed by atoms with Crippen LogP contribution >= 0.6 is 0 Å². The van der Waals surface area contributed by atoms with Crippen molar-refractivity contribution in [2.45, 2.75) is 6.92 Å².